The van der Waals surface area contributed by atoms with E-state index in [1.54, 1.807) is 74.5 Å². The van der Waals surface area contributed by atoms with E-state index >= 15 is 0 Å². The Balaban J connectivity index is 0.000000199. The number of fused-ring (bicyclic) bond motifs is 2. The smallest absolute Gasteiger partial charge is 0.264 e. The minimum absolute atomic E-state index is 0.0943. The van der Waals surface area contributed by atoms with Crippen molar-refractivity contribution in [3.8, 4) is 0 Å². The molecule has 0 spiro atoms. The van der Waals surface area contributed by atoms with Crippen molar-refractivity contribution >= 4 is 99.5 Å². The molecule has 0 aliphatic heterocycles. The van der Waals surface area contributed by atoms with E-state index in [0.29, 0.717) is 49.5 Å². The second-order valence-electron chi connectivity index (χ2n) is 10.8. The summed E-state index contributed by atoms with van der Waals surface area (Å²) in [7, 11) is -7.52. The molecule has 0 radical (unpaired) electrons. The maximum atomic E-state index is 13.2. The van der Waals surface area contributed by atoms with Crippen LogP contribution < -0.4 is 20.1 Å². The van der Waals surface area contributed by atoms with Crippen molar-refractivity contribution in [2.24, 2.45) is 16.5 Å². The van der Waals surface area contributed by atoms with E-state index in [2.05, 4.69) is 15.0 Å². The molecule has 0 amide bonds. The number of sulfonamides is 2. The summed E-state index contributed by atoms with van der Waals surface area (Å²) in [6, 6.07) is 27.1. The highest BCUT2D eigenvalue weighted by molar-refractivity contribution is 7.93. The standard InChI is InChI=1S/C18H18ClN5O2S.C17H14Cl2N2O2S/c1-2-24(12-6-4-3-5-7-12)27(25,26)13-8-9-14-15(10-13)17(23-18(20)21)22-11-16(14)19;1-2-21(12-6-4-3-5-7-12)24(22,23)13-8-9-14-15(10-13)17(19)20-11-16(14)18/h3-11H,2H2,1H3,(H4,20,21,22,23);3-11H,2H2,1H3. The van der Waals surface area contributed by atoms with E-state index in [4.69, 9.17) is 46.3 Å². The van der Waals surface area contributed by atoms with Crippen LogP contribution in [0, 0.1) is 0 Å². The Bertz CT molecular complexity index is 2450. The number of rotatable bonds is 9. The topological polar surface area (TPSA) is 165 Å². The predicted molar refractivity (Wildman–Crippen MR) is 207 cm³/mol. The number of guanidine groups is 1. The van der Waals surface area contributed by atoms with Gasteiger partial charge in [-0.2, -0.15) is 4.99 Å². The van der Waals surface area contributed by atoms with Gasteiger partial charge in [0, 0.05) is 47.0 Å². The molecule has 0 saturated heterocycles. The number of aromatic nitrogens is 2. The number of anilines is 2. The average Bonchev–Trinajstić information content (AvgIpc) is 3.12. The van der Waals surface area contributed by atoms with E-state index in [9.17, 15) is 16.8 Å². The summed E-state index contributed by atoms with van der Waals surface area (Å²) < 4.78 is 55.2. The Morgan fingerprint density at radius 3 is 1.51 bits per heavy atom. The summed E-state index contributed by atoms with van der Waals surface area (Å²) in [6.07, 6.45) is 2.87. The Kier molecular flexibility index (Phi) is 11.6. The third-order valence-electron chi connectivity index (χ3n) is 7.63. The summed E-state index contributed by atoms with van der Waals surface area (Å²) >= 11 is 18.4. The van der Waals surface area contributed by atoms with Crippen LogP contribution in [0.25, 0.3) is 21.5 Å². The van der Waals surface area contributed by atoms with E-state index in [1.165, 1.54) is 45.3 Å². The maximum absolute atomic E-state index is 13.2. The average molecular weight is 785 g/mol. The molecule has 0 bridgehead atoms. The summed E-state index contributed by atoms with van der Waals surface area (Å²) in [4.78, 5) is 12.3. The van der Waals surface area contributed by atoms with Crippen molar-refractivity contribution in [1.82, 2.24) is 9.97 Å². The first-order valence-corrected chi connectivity index (χ1v) is 19.4. The molecule has 6 rings (SSSR count). The van der Waals surface area contributed by atoms with E-state index in [1.807, 2.05) is 12.1 Å². The Morgan fingerprint density at radius 2 is 1.06 bits per heavy atom. The number of benzene rings is 4. The van der Waals surface area contributed by atoms with Crippen molar-refractivity contribution in [2.45, 2.75) is 23.6 Å². The fourth-order valence-corrected chi connectivity index (χ4v) is 8.92. The zero-order valence-electron chi connectivity index (χ0n) is 27.3. The molecular weight excluding hydrogens is 753 g/mol. The lowest BCUT2D eigenvalue weighted by atomic mass is 10.1. The van der Waals surface area contributed by atoms with Crippen LogP contribution in [0.5, 0.6) is 0 Å². The van der Waals surface area contributed by atoms with Gasteiger partial charge >= 0.3 is 0 Å². The molecule has 0 fully saturated rings. The number of nitrogens with two attached hydrogens (primary N) is 2. The van der Waals surface area contributed by atoms with Gasteiger partial charge in [0.15, 0.2) is 11.8 Å². The van der Waals surface area contributed by atoms with Gasteiger partial charge in [-0.15, -0.1) is 0 Å². The monoisotopic (exact) mass is 783 g/mol. The van der Waals surface area contributed by atoms with Crippen molar-refractivity contribution in [2.75, 3.05) is 21.7 Å². The van der Waals surface area contributed by atoms with Gasteiger partial charge in [0.1, 0.15) is 5.15 Å². The molecule has 4 N–H and O–H groups in total. The van der Waals surface area contributed by atoms with Crippen molar-refractivity contribution in [1.29, 1.82) is 0 Å². The number of halogens is 3. The third-order valence-corrected chi connectivity index (χ3v) is 12.3. The fourth-order valence-electron chi connectivity index (χ4n) is 5.29. The molecule has 51 heavy (non-hydrogen) atoms. The molecule has 264 valence electrons. The van der Waals surface area contributed by atoms with Crippen LogP contribution in [-0.2, 0) is 20.0 Å². The SMILES string of the molecule is CCN(c1ccccc1)S(=O)(=O)c1ccc2c(Cl)cnc(Cl)c2c1.CCN(c1ccccc1)S(=O)(=O)c1ccc2c(Cl)cnc(N=C(N)N)c2c1. The van der Waals surface area contributed by atoms with Crippen LogP contribution in [0.1, 0.15) is 13.8 Å². The number of para-hydroxylation sites is 2. The molecule has 4 aromatic carbocycles. The van der Waals surface area contributed by atoms with Gasteiger partial charge in [-0.05, 0) is 62.4 Å². The minimum Gasteiger partial charge on any atom is -0.370 e. The molecule has 0 atom stereocenters. The lowest BCUT2D eigenvalue weighted by Gasteiger charge is -2.23. The normalized spacial score (nSPS) is 11.5. The highest BCUT2D eigenvalue weighted by Crippen LogP contribution is 2.34. The van der Waals surface area contributed by atoms with Crippen LogP contribution >= 0.6 is 34.8 Å². The van der Waals surface area contributed by atoms with E-state index in [0.717, 1.165) is 0 Å². The third kappa shape index (κ3) is 7.97. The summed E-state index contributed by atoms with van der Waals surface area (Å²) in [5.41, 5.74) is 12.1. The summed E-state index contributed by atoms with van der Waals surface area (Å²) in [5, 5.41) is 3.24. The number of nitrogens with zero attached hydrogens (tertiary/aromatic N) is 5. The number of hydrogen-bond donors (Lipinski definition) is 2. The molecule has 11 nitrogen and oxygen atoms in total. The Labute approximate surface area is 311 Å². The second-order valence-corrected chi connectivity index (χ2v) is 15.7. The molecular formula is C35H32Cl3N7O4S2. The minimum atomic E-state index is -3.80. The molecule has 2 heterocycles. The summed E-state index contributed by atoms with van der Waals surface area (Å²) in [6.45, 7) is 4.15. The number of hydrogen-bond acceptors (Lipinski definition) is 7. The molecule has 0 saturated carbocycles. The Morgan fingerprint density at radius 1 is 0.627 bits per heavy atom. The molecule has 16 heteroatoms. The highest BCUT2D eigenvalue weighted by Gasteiger charge is 2.26. The van der Waals surface area contributed by atoms with Crippen molar-refractivity contribution < 1.29 is 16.8 Å². The maximum Gasteiger partial charge on any atom is 0.264 e. The predicted octanol–water partition coefficient (Wildman–Crippen LogP) is 7.77. The molecule has 0 aliphatic carbocycles. The van der Waals surface area contributed by atoms with Crippen molar-refractivity contribution in [3.05, 3.63) is 125 Å². The Hall–Kier alpha value is -4.66. The molecule has 6 aromatic rings. The second kappa shape index (κ2) is 15.7. The van der Waals surface area contributed by atoms with Gasteiger partial charge in [0.25, 0.3) is 20.0 Å². The van der Waals surface area contributed by atoms with Gasteiger partial charge in [0.05, 0.1) is 31.2 Å². The first kappa shape index (κ1) is 37.6. The quantitative estimate of drug-likeness (QED) is 0.0853. The van der Waals surface area contributed by atoms with E-state index in [-0.39, 0.29) is 33.3 Å². The fraction of sp³-hybridized carbons (Fsp3) is 0.114. The zero-order chi connectivity index (χ0) is 36.9. The van der Waals surface area contributed by atoms with Gasteiger partial charge < -0.3 is 11.5 Å². The molecule has 0 aliphatic rings. The van der Waals surface area contributed by atoms with Crippen LogP contribution in [-0.4, -0.2) is 45.9 Å². The van der Waals surface area contributed by atoms with Crippen LogP contribution in [0.15, 0.2) is 124 Å². The number of pyridine rings is 2. The first-order valence-electron chi connectivity index (χ1n) is 15.4. The molecule has 0 unspecified atom stereocenters. The van der Waals surface area contributed by atoms with Gasteiger partial charge in [-0.1, -0.05) is 83.3 Å². The largest absolute Gasteiger partial charge is 0.370 e. The van der Waals surface area contributed by atoms with Gasteiger partial charge in [-0.25, -0.2) is 26.8 Å². The van der Waals surface area contributed by atoms with Gasteiger partial charge in [0.2, 0.25) is 0 Å². The summed E-state index contributed by atoms with van der Waals surface area (Å²) in [5.74, 6) is 0.0214. The molecule has 2 aromatic heterocycles. The van der Waals surface area contributed by atoms with Gasteiger partial charge in [-0.3, -0.25) is 8.61 Å². The lowest BCUT2D eigenvalue weighted by Crippen LogP contribution is -2.30. The van der Waals surface area contributed by atoms with Crippen LogP contribution in [0.4, 0.5) is 17.2 Å². The lowest BCUT2D eigenvalue weighted by molar-refractivity contribution is 0.590. The van der Waals surface area contributed by atoms with Crippen LogP contribution in [0.2, 0.25) is 15.2 Å². The highest BCUT2D eigenvalue weighted by atomic mass is 35.5. The first-order chi connectivity index (χ1) is 24.3. The zero-order valence-corrected chi connectivity index (χ0v) is 31.2. The number of aliphatic imine (C=N–C) groups is 1. The van der Waals surface area contributed by atoms with Crippen LogP contribution in [0.3, 0.4) is 0 Å². The van der Waals surface area contributed by atoms with E-state index < -0.39 is 20.0 Å². The van der Waals surface area contributed by atoms with Crippen molar-refractivity contribution in [3.63, 3.8) is 0 Å².